The fraction of sp³-hybridized carbons (Fsp3) is 0.333. The van der Waals surface area contributed by atoms with Gasteiger partial charge in [0.2, 0.25) is 5.91 Å². The van der Waals surface area contributed by atoms with Gasteiger partial charge in [0.1, 0.15) is 0 Å². The third kappa shape index (κ3) is 1.62. The molecule has 3 nitrogen and oxygen atoms in total. The average molecular weight is 241 g/mol. The molecule has 0 unspecified atom stereocenters. The summed E-state index contributed by atoms with van der Waals surface area (Å²) in [5.41, 5.74) is 1.68. The van der Waals surface area contributed by atoms with Gasteiger partial charge in [-0.25, -0.2) is 0 Å². The van der Waals surface area contributed by atoms with Crippen LogP contribution in [0.5, 0.6) is 0 Å². The Morgan fingerprint density at radius 2 is 2.11 bits per heavy atom. The van der Waals surface area contributed by atoms with E-state index in [-0.39, 0.29) is 18.2 Å². The van der Waals surface area contributed by atoms with Crippen LogP contribution in [0.3, 0.4) is 0 Å². The number of terminal acetylenes is 1. The summed E-state index contributed by atoms with van der Waals surface area (Å²) in [6.45, 7) is 5.49. The van der Waals surface area contributed by atoms with Crippen LogP contribution in [0.2, 0.25) is 0 Å². The number of nitrogens with zero attached hydrogens (tertiary/aromatic N) is 1. The lowest BCUT2D eigenvalue weighted by molar-refractivity contribution is -0.121. The predicted octanol–water partition coefficient (Wildman–Crippen LogP) is 2.15. The molecule has 0 aliphatic carbocycles. The molecule has 0 N–H and O–H groups in total. The zero-order valence-corrected chi connectivity index (χ0v) is 10.8. The van der Waals surface area contributed by atoms with E-state index in [0.29, 0.717) is 5.56 Å². The molecule has 92 valence electrons. The van der Waals surface area contributed by atoms with Crippen LogP contribution in [0.25, 0.3) is 0 Å². The second-order valence-electron chi connectivity index (χ2n) is 5.01. The Labute approximate surface area is 107 Å². The molecular weight excluding hydrogens is 226 g/mol. The fourth-order valence-electron chi connectivity index (χ4n) is 2.30. The van der Waals surface area contributed by atoms with Gasteiger partial charge in [-0.1, -0.05) is 5.92 Å². The van der Waals surface area contributed by atoms with Crippen LogP contribution in [-0.2, 0) is 10.2 Å². The zero-order chi connectivity index (χ0) is 13.5. The molecule has 0 fully saturated rings. The van der Waals surface area contributed by atoms with Crippen molar-refractivity contribution >= 4 is 17.4 Å². The fourth-order valence-corrected chi connectivity index (χ4v) is 2.30. The number of amides is 1. The second-order valence-corrected chi connectivity index (χ2v) is 5.01. The summed E-state index contributed by atoms with van der Waals surface area (Å²) in [5, 5.41) is 0. The quantitative estimate of drug-likeness (QED) is 0.587. The molecule has 0 bridgehead atoms. The molecule has 1 aromatic rings. The lowest BCUT2D eigenvalue weighted by Crippen LogP contribution is -2.36. The van der Waals surface area contributed by atoms with Crippen LogP contribution in [0.4, 0.5) is 5.69 Å². The molecule has 1 aliphatic rings. The van der Waals surface area contributed by atoms with E-state index >= 15 is 0 Å². The van der Waals surface area contributed by atoms with E-state index in [1.54, 1.807) is 23.1 Å². The van der Waals surface area contributed by atoms with Crippen LogP contribution in [0.15, 0.2) is 18.2 Å². The van der Waals surface area contributed by atoms with Gasteiger partial charge in [-0.3, -0.25) is 14.5 Å². The third-order valence-corrected chi connectivity index (χ3v) is 3.40. The first-order valence-electron chi connectivity index (χ1n) is 5.80. The molecule has 1 heterocycles. The summed E-state index contributed by atoms with van der Waals surface area (Å²) in [6, 6.07) is 5.33. The molecule has 1 amide bonds. The zero-order valence-electron chi connectivity index (χ0n) is 10.8. The Balaban J connectivity index is 2.61. The van der Waals surface area contributed by atoms with Crippen molar-refractivity contribution in [2.75, 3.05) is 11.4 Å². The molecule has 18 heavy (non-hydrogen) atoms. The van der Waals surface area contributed by atoms with Gasteiger partial charge < -0.3 is 0 Å². The van der Waals surface area contributed by atoms with Crippen molar-refractivity contribution in [3.05, 3.63) is 29.3 Å². The Kier molecular flexibility index (Phi) is 2.74. The largest absolute Gasteiger partial charge is 0.300 e. The SMILES string of the molecule is C#CCN1C(=O)C(C)(C)c2cc(C(C)=O)ccc21. The van der Waals surface area contributed by atoms with Crippen molar-refractivity contribution < 1.29 is 9.59 Å². The standard InChI is InChI=1S/C15H15NO2/c1-5-8-16-13-7-6-11(10(2)17)9-12(13)15(3,4)14(16)18/h1,6-7,9H,8H2,2-4H3. The number of carbonyl (C=O) groups is 2. The lowest BCUT2D eigenvalue weighted by Gasteiger charge is -2.18. The Bertz CT molecular complexity index is 579. The van der Waals surface area contributed by atoms with E-state index in [9.17, 15) is 9.59 Å². The highest BCUT2D eigenvalue weighted by atomic mass is 16.2. The lowest BCUT2D eigenvalue weighted by atomic mass is 9.85. The molecule has 0 spiro atoms. The summed E-state index contributed by atoms with van der Waals surface area (Å²) in [4.78, 5) is 25.3. The van der Waals surface area contributed by atoms with Crippen molar-refractivity contribution in [3.8, 4) is 12.3 Å². The highest BCUT2D eigenvalue weighted by Crippen LogP contribution is 2.41. The van der Waals surface area contributed by atoms with Gasteiger partial charge in [0.15, 0.2) is 5.78 Å². The van der Waals surface area contributed by atoms with Crippen molar-refractivity contribution in [1.82, 2.24) is 0 Å². The van der Waals surface area contributed by atoms with Crippen molar-refractivity contribution in [2.24, 2.45) is 0 Å². The van der Waals surface area contributed by atoms with Gasteiger partial charge in [0, 0.05) is 11.3 Å². The Hall–Kier alpha value is -2.08. The minimum Gasteiger partial charge on any atom is -0.300 e. The number of carbonyl (C=O) groups excluding carboxylic acids is 2. The normalized spacial score (nSPS) is 16.3. The van der Waals surface area contributed by atoms with Gasteiger partial charge in [-0.2, -0.15) is 0 Å². The minimum atomic E-state index is -0.627. The molecule has 0 radical (unpaired) electrons. The molecule has 0 atom stereocenters. The van der Waals surface area contributed by atoms with Gasteiger partial charge in [0.25, 0.3) is 0 Å². The van der Waals surface area contributed by atoms with E-state index in [1.165, 1.54) is 6.92 Å². The maximum absolute atomic E-state index is 12.3. The summed E-state index contributed by atoms with van der Waals surface area (Å²) >= 11 is 0. The first kappa shape index (κ1) is 12.4. The smallest absolute Gasteiger partial charge is 0.238 e. The number of fused-ring (bicyclic) bond motifs is 1. The third-order valence-electron chi connectivity index (χ3n) is 3.40. The van der Waals surface area contributed by atoms with Gasteiger partial charge in [-0.05, 0) is 44.5 Å². The van der Waals surface area contributed by atoms with E-state index in [4.69, 9.17) is 6.42 Å². The van der Waals surface area contributed by atoms with Crippen LogP contribution in [-0.4, -0.2) is 18.2 Å². The second kappa shape index (κ2) is 3.99. The van der Waals surface area contributed by atoms with E-state index in [1.807, 2.05) is 13.8 Å². The number of ketones is 1. The highest BCUT2D eigenvalue weighted by molar-refractivity contribution is 6.09. The number of rotatable bonds is 2. The molecular formula is C15H15NO2. The number of Topliss-reactive ketones (excluding diaryl/α,β-unsaturated/α-hetero) is 1. The van der Waals surface area contributed by atoms with Crippen LogP contribution >= 0.6 is 0 Å². The molecule has 1 aromatic carbocycles. The molecule has 0 aromatic heterocycles. The molecule has 2 rings (SSSR count). The van der Waals surface area contributed by atoms with E-state index in [2.05, 4.69) is 5.92 Å². The first-order valence-corrected chi connectivity index (χ1v) is 5.80. The molecule has 3 heteroatoms. The Morgan fingerprint density at radius 3 is 2.67 bits per heavy atom. The van der Waals surface area contributed by atoms with Crippen molar-refractivity contribution in [2.45, 2.75) is 26.2 Å². The maximum atomic E-state index is 12.3. The van der Waals surface area contributed by atoms with Gasteiger partial charge in [-0.15, -0.1) is 6.42 Å². The van der Waals surface area contributed by atoms with E-state index in [0.717, 1.165) is 11.3 Å². The van der Waals surface area contributed by atoms with Crippen molar-refractivity contribution in [3.63, 3.8) is 0 Å². The minimum absolute atomic E-state index is 0.00329. The number of benzene rings is 1. The maximum Gasteiger partial charge on any atom is 0.238 e. The molecule has 0 saturated heterocycles. The average Bonchev–Trinajstić information content (AvgIpc) is 2.51. The molecule has 1 aliphatic heterocycles. The van der Waals surface area contributed by atoms with Crippen LogP contribution in [0.1, 0.15) is 36.7 Å². The first-order chi connectivity index (χ1) is 8.39. The highest BCUT2D eigenvalue weighted by Gasteiger charge is 2.43. The summed E-state index contributed by atoms with van der Waals surface area (Å²) in [7, 11) is 0. The summed E-state index contributed by atoms with van der Waals surface area (Å²) in [5.74, 6) is 2.47. The van der Waals surface area contributed by atoms with E-state index < -0.39 is 5.41 Å². The van der Waals surface area contributed by atoms with Crippen LogP contribution < -0.4 is 4.90 Å². The topological polar surface area (TPSA) is 37.4 Å². The number of hydrogen-bond acceptors (Lipinski definition) is 2. The monoisotopic (exact) mass is 241 g/mol. The van der Waals surface area contributed by atoms with Crippen molar-refractivity contribution in [1.29, 1.82) is 0 Å². The number of hydrogen-bond donors (Lipinski definition) is 0. The predicted molar refractivity (Wildman–Crippen MR) is 70.7 cm³/mol. The van der Waals surface area contributed by atoms with Gasteiger partial charge in [0.05, 0.1) is 12.0 Å². The Morgan fingerprint density at radius 1 is 1.44 bits per heavy atom. The summed E-state index contributed by atoms with van der Waals surface area (Å²) in [6.07, 6.45) is 5.30. The molecule has 0 saturated carbocycles. The van der Waals surface area contributed by atoms with Gasteiger partial charge >= 0.3 is 0 Å². The summed E-state index contributed by atoms with van der Waals surface area (Å²) < 4.78 is 0. The number of anilines is 1. The van der Waals surface area contributed by atoms with Crippen LogP contribution in [0, 0.1) is 12.3 Å².